The number of aromatic nitrogens is 1. The first-order valence-electron chi connectivity index (χ1n) is 4.68. The van der Waals surface area contributed by atoms with Crippen LogP contribution >= 0.6 is 27.7 Å². The Labute approximate surface area is 96.6 Å². The molecule has 0 radical (unpaired) electrons. The van der Waals surface area contributed by atoms with Gasteiger partial charge < -0.3 is 0 Å². The van der Waals surface area contributed by atoms with Crippen molar-refractivity contribution in [2.45, 2.75) is 31.2 Å². The second-order valence-corrected chi connectivity index (χ2v) is 5.00. The first-order chi connectivity index (χ1) is 6.74. The molecular weight excluding hydrogens is 265 g/mol. The molecule has 0 bridgehead atoms. The Morgan fingerprint density at radius 3 is 2.93 bits per heavy atom. The number of halogens is 2. The van der Waals surface area contributed by atoms with Gasteiger partial charge in [0.25, 0.3) is 0 Å². The lowest BCUT2D eigenvalue weighted by molar-refractivity contribution is 0.586. The Hall–Kier alpha value is -0.0900. The van der Waals surface area contributed by atoms with Gasteiger partial charge in [-0.25, -0.2) is 9.37 Å². The van der Waals surface area contributed by atoms with Crippen molar-refractivity contribution in [2.24, 2.45) is 0 Å². The molecule has 0 amide bonds. The monoisotopic (exact) mass is 277 g/mol. The number of unbranched alkanes of at least 4 members (excludes halogenated alkanes) is 2. The van der Waals surface area contributed by atoms with E-state index >= 15 is 0 Å². The van der Waals surface area contributed by atoms with E-state index < -0.39 is 0 Å². The summed E-state index contributed by atoms with van der Waals surface area (Å²) in [7, 11) is 0. The van der Waals surface area contributed by atoms with Crippen molar-refractivity contribution in [2.75, 3.05) is 5.75 Å². The Kier molecular flexibility index (Phi) is 5.48. The zero-order chi connectivity index (χ0) is 10.4. The summed E-state index contributed by atoms with van der Waals surface area (Å²) < 4.78 is 13.9. The molecule has 4 heteroatoms. The molecule has 78 valence electrons. The number of nitrogens with zero attached hydrogens (tertiary/aromatic N) is 1. The third kappa shape index (κ3) is 3.96. The normalized spacial score (nSPS) is 10.5. The van der Waals surface area contributed by atoms with Gasteiger partial charge in [-0.2, -0.15) is 0 Å². The molecular formula is C10H13BrFNS. The molecule has 0 spiro atoms. The maximum absolute atomic E-state index is 13.2. The van der Waals surface area contributed by atoms with E-state index in [-0.39, 0.29) is 5.82 Å². The van der Waals surface area contributed by atoms with Crippen molar-refractivity contribution in [3.8, 4) is 0 Å². The van der Waals surface area contributed by atoms with Crippen molar-refractivity contribution < 1.29 is 4.39 Å². The summed E-state index contributed by atoms with van der Waals surface area (Å²) in [5, 5.41) is 0.504. The van der Waals surface area contributed by atoms with Crippen LogP contribution in [0.1, 0.15) is 26.2 Å². The highest BCUT2D eigenvalue weighted by Gasteiger charge is 2.04. The third-order valence-corrected chi connectivity index (χ3v) is 3.26. The van der Waals surface area contributed by atoms with Crippen LogP contribution in [0.15, 0.2) is 21.8 Å². The van der Waals surface area contributed by atoms with Crippen molar-refractivity contribution in [3.05, 3.63) is 22.6 Å². The number of pyridine rings is 1. The molecule has 1 heterocycles. The molecule has 0 atom stereocenters. The van der Waals surface area contributed by atoms with Crippen LogP contribution in [0.5, 0.6) is 0 Å². The maximum atomic E-state index is 13.2. The van der Waals surface area contributed by atoms with E-state index in [9.17, 15) is 4.39 Å². The lowest BCUT2D eigenvalue weighted by Crippen LogP contribution is -1.88. The molecule has 1 nitrogen and oxygen atoms in total. The number of thioether (sulfide) groups is 1. The van der Waals surface area contributed by atoms with E-state index in [2.05, 4.69) is 27.8 Å². The first-order valence-corrected chi connectivity index (χ1v) is 6.45. The van der Waals surface area contributed by atoms with Crippen LogP contribution in [-0.2, 0) is 0 Å². The minimum atomic E-state index is -0.235. The van der Waals surface area contributed by atoms with Gasteiger partial charge in [-0.1, -0.05) is 19.8 Å². The Balaban J connectivity index is 2.42. The van der Waals surface area contributed by atoms with Gasteiger partial charge in [0.15, 0.2) is 5.82 Å². The summed E-state index contributed by atoms with van der Waals surface area (Å²) >= 11 is 4.67. The van der Waals surface area contributed by atoms with Crippen molar-refractivity contribution >= 4 is 27.7 Å². The van der Waals surface area contributed by atoms with E-state index in [1.54, 1.807) is 6.20 Å². The van der Waals surface area contributed by atoms with Crippen LogP contribution in [0.25, 0.3) is 0 Å². The highest BCUT2D eigenvalue weighted by Crippen LogP contribution is 2.22. The van der Waals surface area contributed by atoms with Crippen LogP contribution in [0, 0.1) is 5.82 Å². The van der Waals surface area contributed by atoms with Crippen LogP contribution < -0.4 is 0 Å². The highest BCUT2D eigenvalue weighted by atomic mass is 79.9. The van der Waals surface area contributed by atoms with Crippen molar-refractivity contribution in [1.29, 1.82) is 0 Å². The molecule has 0 aliphatic carbocycles. The summed E-state index contributed by atoms with van der Waals surface area (Å²) in [5.41, 5.74) is 0. The highest BCUT2D eigenvalue weighted by molar-refractivity contribution is 9.10. The van der Waals surface area contributed by atoms with E-state index in [0.717, 1.165) is 12.2 Å². The second-order valence-electron chi connectivity index (χ2n) is 3.00. The van der Waals surface area contributed by atoms with Gasteiger partial charge >= 0.3 is 0 Å². The first kappa shape index (κ1) is 12.0. The number of hydrogen-bond donors (Lipinski definition) is 0. The molecule has 0 saturated carbocycles. The zero-order valence-electron chi connectivity index (χ0n) is 8.09. The van der Waals surface area contributed by atoms with Crippen LogP contribution in [-0.4, -0.2) is 10.7 Å². The van der Waals surface area contributed by atoms with Crippen molar-refractivity contribution in [3.63, 3.8) is 0 Å². The maximum Gasteiger partial charge on any atom is 0.156 e. The molecule has 0 N–H and O–H groups in total. The van der Waals surface area contributed by atoms with Gasteiger partial charge in [-0.05, 0) is 34.2 Å². The minimum Gasteiger partial charge on any atom is -0.246 e. The summed E-state index contributed by atoms with van der Waals surface area (Å²) in [5.74, 6) is 0.709. The van der Waals surface area contributed by atoms with Crippen LogP contribution in [0.4, 0.5) is 4.39 Å². The van der Waals surface area contributed by atoms with E-state index in [0.29, 0.717) is 9.50 Å². The Bertz CT molecular complexity index is 293. The van der Waals surface area contributed by atoms with E-state index in [1.165, 1.54) is 30.7 Å². The standard InChI is InChI=1S/C10H13BrFNS/c1-2-3-4-5-14-10-9(12)6-8(11)7-13-10/h6-7H,2-5H2,1H3. The fourth-order valence-corrected chi connectivity index (χ4v) is 2.20. The largest absolute Gasteiger partial charge is 0.246 e. The Morgan fingerprint density at radius 2 is 2.29 bits per heavy atom. The average molecular weight is 278 g/mol. The smallest absolute Gasteiger partial charge is 0.156 e. The molecule has 1 aromatic rings. The molecule has 0 aromatic carbocycles. The molecule has 0 aliphatic rings. The predicted molar refractivity (Wildman–Crippen MR) is 62.1 cm³/mol. The summed E-state index contributed by atoms with van der Waals surface area (Å²) in [6.07, 6.45) is 5.14. The average Bonchev–Trinajstić information content (AvgIpc) is 2.15. The lowest BCUT2D eigenvalue weighted by Gasteiger charge is -2.01. The van der Waals surface area contributed by atoms with Gasteiger partial charge in [0.1, 0.15) is 5.03 Å². The summed E-state index contributed by atoms with van der Waals surface area (Å²) in [6, 6.07) is 1.45. The molecule has 14 heavy (non-hydrogen) atoms. The quantitative estimate of drug-likeness (QED) is 0.589. The fourth-order valence-electron chi connectivity index (χ4n) is 1.03. The van der Waals surface area contributed by atoms with Gasteiger partial charge in [0.05, 0.1) is 0 Å². The second kappa shape index (κ2) is 6.40. The fraction of sp³-hybridized carbons (Fsp3) is 0.500. The summed E-state index contributed by atoms with van der Waals surface area (Å²) in [4.78, 5) is 4.02. The van der Waals surface area contributed by atoms with E-state index in [4.69, 9.17) is 0 Å². The van der Waals surface area contributed by atoms with Gasteiger partial charge in [0, 0.05) is 10.7 Å². The van der Waals surface area contributed by atoms with Crippen LogP contribution in [0.3, 0.4) is 0 Å². The molecule has 0 aliphatic heterocycles. The SMILES string of the molecule is CCCCCSc1ncc(Br)cc1F. The lowest BCUT2D eigenvalue weighted by atomic mass is 10.3. The molecule has 1 aromatic heterocycles. The third-order valence-electron chi connectivity index (χ3n) is 1.76. The van der Waals surface area contributed by atoms with Gasteiger partial charge in [0.2, 0.25) is 0 Å². The minimum absolute atomic E-state index is 0.235. The predicted octanol–water partition coefficient (Wildman–Crippen LogP) is 4.27. The van der Waals surface area contributed by atoms with Crippen LogP contribution in [0.2, 0.25) is 0 Å². The zero-order valence-corrected chi connectivity index (χ0v) is 10.5. The molecule has 0 fully saturated rings. The van der Waals surface area contributed by atoms with E-state index in [1.807, 2.05) is 0 Å². The summed E-state index contributed by atoms with van der Waals surface area (Å²) in [6.45, 7) is 2.16. The molecule has 0 unspecified atom stereocenters. The molecule has 0 saturated heterocycles. The number of hydrogen-bond acceptors (Lipinski definition) is 2. The van der Waals surface area contributed by atoms with Crippen molar-refractivity contribution in [1.82, 2.24) is 4.98 Å². The van der Waals surface area contributed by atoms with Gasteiger partial charge in [-0.15, -0.1) is 11.8 Å². The molecule has 1 rings (SSSR count). The Morgan fingerprint density at radius 1 is 1.50 bits per heavy atom. The number of rotatable bonds is 5. The topological polar surface area (TPSA) is 12.9 Å². The van der Waals surface area contributed by atoms with Gasteiger partial charge in [-0.3, -0.25) is 0 Å².